The first-order valence-corrected chi connectivity index (χ1v) is 5.00. The second kappa shape index (κ2) is 3.91. The minimum atomic E-state index is -2.13. The quantitative estimate of drug-likeness (QED) is 0.660. The smallest absolute Gasteiger partial charge is 0.243 e. The van der Waals surface area contributed by atoms with Crippen LogP contribution in [-0.2, 0) is 0 Å². The predicted octanol–water partition coefficient (Wildman–Crippen LogP) is 2.76. The van der Waals surface area contributed by atoms with Crippen LogP contribution in [0.25, 0.3) is 0 Å². The molecule has 1 aliphatic heterocycles. The molecule has 1 rings (SSSR count). The molecule has 1 saturated heterocycles. The Bertz CT molecular complexity index is 162. The zero-order valence-electron chi connectivity index (χ0n) is 8.69. The topological polar surface area (TPSA) is 3.24 Å². The molecule has 3 heteroatoms. The van der Waals surface area contributed by atoms with Gasteiger partial charge in [-0.25, -0.2) is 8.78 Å². The zero-order valence-corrected chi connectivity index (χ0v) is 8.69. The Morgan fingerprint density at radius 3 is 2.31 bits per heavy atom. The number of halogens is 2. The standard InChI is InChI=1S/C10H19F2N/c1-4-5-10(2,3)13-6-8(7-13)9(11)12/h8-9H,4-7H2,1-3H3. The molecule has 1 fully saturated rings. The van der Waals surface area contributed by atoms with E-state index in [9.17, 15) is 8.78 Å². The van der Waals surface area contributed by atoms with Gasteiger partial charge in [0.15, 0.2) is 0 Å². The number of alkyl halides is 2. The average molecular weight is 191 g/mol. The molecule has 13 heavy (non-hydrogen) atoms. The Morgan fingerprint density at radius 1 is 1.38 bits per heavy atom. The monoisotopic (exact) mass is 191 g/mol. The molecule has 0 saturated carbocycles. The lowest BCUT2D eigenvalue weighted by atomic mass is 9.88. The van der Waals surface area contributed by atoms with E-state index in [-0.39, 0.29) is 11.5 Å². The van der Waals surface area contributed by atoms with Crippen molar-refractivity contribution in [1.29, 1.82) is 0 Å². The highest BCUT2D eigenvalue weighted by atomic mass is 19.3. The van der Waals surface area contributed by atoms with Gasteiger partial charge in [-0.15, -0.1) is 0 Å². The molecule has 1 heterocycles. The van der Waals surface area contributed by atoms with Gasteiger partial charge in [-0.2, -0.15) is 0 Å². The molecule has 0 radical (unpaired) electrons. The number of likely N-dealkylation sites (tertiary alicyclic amines) is 1. The fraction of sp³-hybridized carbons (Fsp3) is 1.00. The Hall–Kier alpha value is -0.180. The maximum atomic E-state index is 12.2. The van der Waals surface area contributed by atoms with E-state index in [1.165, 1.54) is 0 Å². The number of hydrogen-bond acceptors (Lipinski definition) is 1. The van der Waals surface area contributed by atoms with Crippen molar-refractivity contribution < 1.29 is 8.78 Å². The van der Waals surface area contributed by atoms with Crippen LogP contribution in [0.4, 0.5) is 8.78 Å². The predicted molar refractivity (Wildman–Crippen MR) is 50.1 cm³/mol. The van der Waals surface area contributed by atoms with E-state index >= 15 is 0 Å². The largest absolute Gasteiger partial charge is 0.297 e. The highest BCUT2D eigenvalue weighted by Crippen LogP contribution is 2.31. The fourth-order valence-electron chi connectivity index (χ4n) is 1.94. The summed E-state index contributed by atoms with van der Waals surface area (Å²) in [6.07, 6.45) is 0.0693. The van der Waals surface area contributed by atoms with Crippen LogP contribution in [0.1, 0.15) is 33.6 Å². The van der Waals surface area contributed by atoms with Crippen molar-refractivity contribution in [3.8, 4) is 0 Å². The summed E-state index contributed by atoms with van der Waals surface area (Å²) in [6.45, 7) is 7.55. The van der Waals surface area contributed by atoms with E-state index in [1.54, 1.807) is 0 Å². The van der Waals surface area contributed by atoms with Gasteiger partial charge in [0.1, 0.15) is 0 Å². The van der Waals surface area contributed by atoms with Crippen LogP contribution < -0.4 is 0 Å². The summed E-state index contributed by atoms with van der Waals surface area (Å²) >= 11 is 0. The van der Waals surface area contributed by atoms with Crippen molar-refractivity contribution in [3.63, 3.8) is 0 Å². The van der Waals surface area contributed by atoms with Gasteiger partial charge >= 0.3 is 0 Å². The Kier molecular flexibility index (Phi) is 3.28. The highest BCUT2D eigenvalue weighted by Gasteiger charge is 2.40. The van der Waals surface area contributed by atoms with Crippen LogP contribution in [0, 0.1) is 5.92 Å². The summed E-state index contributed by atoms with van der Waals surface area (Å²) in [7, 11) is 0. The van der Waals surface area contributed by atoms with Gasteiger partial charge in [0, 0.05) is 24.5 Å². The molecule has 1 nitrogen and oxygen atoms in total. The minimum Gasteiger partial charge on any atom is -0.297 e. The average Bonchev–Trinajstić information content (AvgIpc) is 1.79. The first-order chi connectivity index (χ1) is 5.97. The van der Waals surface area contributed by atoms with Gasteiger partial charge < -0.3 is 0 Å². The normalized spacial score (nSPS) is 20.8. The molecule has 0 spiro atoms. The van der Waals surface area contributed by atoms with Crippen molar-refractivity contribution in [3.05, 3.63) is 0 Å². The van der Waals surface area contributed by atoms with E-state index in [0.29, 0.717) is 13.1 Å². The molecule has 0 aromatic heterocycles. The lowest BCUT2D eigenvalue weighted by Crippen LogP contribution is -2.58. The van der Waals surface area contributed by atoms with Crippen LogP contribution in [0.15, 0.2) is 0 Å². The highest BCUT2D eigenvalue weighted by molar-refractivity contribution is 4.91. The van der Waals surface area contributed by atoms with E-state index in [2.05, 4.69) is 25.7 Å². The number of hydrogen-bond donors (Lipinski definition) is 0. The van der Waals surface area contributed by atoms with Crippen molar-refractivity contribution >= 4 is 0 Å². The second-order valence-corrected chi connectivity index (χ2v) is 4.56. The molecule has 0 aromatic carbocycles. The zero-order chi connectivity index (χ0) is 10.1. The molecule has 0 aromatic rings. The van der Waals surface area contributed by atoms with Crippen LogP contribution in [0.5, 0.6) is 0 Å². The first kappa shape index (κ1) is 10.9. The maximum absolute atomic E-state index is 12.2. The molecular weight excluding hydrogens is 172 g/mol. The number of rotatable bonds is 4. The van der Waals surface area contributed by atoms with E-state index in [0.717, 1.165) is 12.8 Å². The minimum absolute atomic E-state index is 0.111. The van der Waals surface area contributed by atoms with Crippen LogP contribution in [-0.4, -0.2) is 30.0 Å². The molecule has 0 aliphatic carbocycles. The third-order valence-corrected chi connectivity index (χ3v) is 2.98. The van der Waals surface area contributed by atoms with E-state index in [1.807, 2.05) is 0 Å². The third-order valence-electron chi connectivity index (χ3n) is 2.98. The van der Waals surface area contributed by atoms with Crippen molar-refractivity contribution in [2.75, 3.05) is 13.1 Å². The first-order valence-electron chi connectivity index (χ1n) is 5.00. The molecular formula is C10H19F2N. The number of nitrogens with zero attached hydrogens (tertiary/aromatic N) is 1. The van der Waals surface area contributed by atoms with Gasteiger partial charge in [0.2, 0.25) is 6.43 Å². The maximum Gasteiger partial charge on any atom is 0.243 e. The van der Waals surface area contributed by atoms with Gasteiger partial charge in [-0.3, -0.25) is 4.90 Å². The third kappa shape index (κ3) is 2.39. The molecule has 1 aliphatic rings. The van der Waals surface area contributed by atoms with Crippen LogP contribution >= 0.6 is 0 Å². The van der Waals surface area contributed by atoms with Gasteiger partial charge in [-0.05, 0) is 20.3 Å². The lowest BCUT2D eigenvalue weighted by molar-refractivity contribution is -0.0706. The summed E-state index contributed by atoms with van der Waals surface area (Å²) in [5.41, 5.74) is 0.111. The molecule has 0 amide bonds. The summed E-state index contributed by atoms with van der Waals surface area (Å²) in [5, 5.41) is 0. The summed E-state index contributed by atoms with van der Waals surface area (Å²) in [5.74, 6) is -0.379. The molecule has 78 valence electrons. The molecule has 0 N–H and O–H groups in total. The summed E-state index contributed by atoms with van der Waals surface area (Å²) in [6, 6.07) is 0. The molecule has 0 atom stereocenters. The Balaban J connectivity index is 2.33. The van der Waals surface area contributed by atoms with E-state index in [4.69, 9.17) is 0 Å². The molecule has 0 bridgehead atoms. The van der Waals surface area contributed by atoms with E-state index < -0.39 is 6.43 Å². The van der Waals surface area contributed by atoms with Crippen molar-refractivity contribution in [1.82, 2.24) is 4.90 Å². The van der Waals surface area contributed by atoms with Crippen molar-refractivity contribution in [2.45, 2.75) is 45.6 Å². The van der Waals surface area contributed by atoms with Gasteiger partial charge in [0.05, 0.1) is 0 Å². The Morgan fingerprint density at radius 2 is 1.92 bits per heavy atom. The van der Waals surface area contributed by atoms with Gasteiger partial charge in [-0.1, -0.05) is 13.3 Å². The fourth-order valence-corrected chi connectivity index (χ4v) is 1.94. The van der Waals surface area contributed by atoms with Crippen LogP contribution in [0.2, 0.25) is 0 Å². The lowest BCUT2D eigenvalue weighted by Gasteiger charge is -2.49. The van der Waals surface area contributed by atoms with Gasteiger partial charge in [0.25, 0.3) is 0 Å². The second-order valence-electron chi connectivity index (χ2n) is 4.56. The summed E-state index contributed by atoms with van der Waals surface area (Å²) < 4.78 is 24.4. The molecule has 0 unspecified atom stereocenters. The van der Waals surface area contributed by atoms with Crippen LogP contribution in [0.3, 0.4) is 0 Å². The SMILES string of the molecule is CCCC(C)(C)N1CC(C(F)F)C1. The summed E-state index contributed by atoms with van der Waals surface area (Å²) in [4.78, 5) is 2.16. The Labute approximate surface area is 79.1 Å². The van der Waals surface area contributed by atoms with Crippen molar-refractivity contribution in [2.24, 2.45) is 5.92 Å².